The lowest BCUT2D eigenvalue weighted by Crippen LogP contribution is -2.18. The van der Waals surface area contributed by atoms with E-state index >= 15 is 0 Å². The van der Waals surface area contributed by atoms with E-state index in [4.69, 9.17) is 23.8 Å². The highest BCUT2D eigenvalue weighted by atomic mass is 35.5. The van der Waals surface area contributed by atoms with E-state index in [9.17, 15) is 8.78 Å². The maximum atomic E-state index is 13.8. The minimum atomic E-state index is -0.383. The van der Waals surface area contributed by atoms with Crippen LogP contribution in [-0.2, 0) is 6.54 Å². The van der Waals surface area contributed by atoms with Gasteiger partial charge in [-0.2, -0.15) is 5.10 Å². The predicted molar refractivity (Wildman–Crippen MR) is 99.0 cm³/mol. The smallest absolute Gasteiger partial charge is 0.175 e. The van der Waals surface area contributed by atoms with Crippen LogP contribution in [0.4, 0.5) is 20.2 Å². The van der Waals surface area contributed by atoms with E-state index in [0.29, 0.717) is 27.1 Å². The second kappa shape index (κ2) is 7.58. The molecule has 0 saturated heterocycles. The lowest BCUT2D eigenvalue weighted by molar-refractivity contribution is 0.585. The Kier molecular flexibility index (Phi) is 5.25. The third kappa shape index (κ3) is 4.52. The maximum Gasteiger partial charge on any atom is 0.175 e. The van der Waals surface area contributed by atoms with Crippen LogP contribution >= 0.6 is 23.8 Å². The molecule has 0 saturated carbocycles. The largest absolute Gasteiger partial charge is 0.332 e. The van der Waals surface area contributed by atoms with Crippen molar-refractivity contribution < 1.29 is 8.78 Å². The van der Waals surface area contributed by atoms with Gasteiger partial charge in [-0.25, -0.2) is 8.78 Å². The number of aromatic nitrogens is 2. The molecule has 0 unspecified atom stereocenters. The second-order valence-corrected chi connectivity index (χ2v) is 6.03. The highest BCUT2D eigenvalue weighted by molar-refractivity contribution is 7.80. The molecule has 0 bridgehead atoms. The van der Waals surface area contributed by atoms with Crippen LogP contribution in [0, 0.1) is 11.6 Å². The van der Waals surface area contributed by atoms with Gasteiger partial charge in [-0.1, -0.05) is 17.7 Å². The second-order valence-electron chi connectivity index (χ2n) is 5.21. The Hall–Kier alpha value is -2.51. The number of nitrogens with one attached hydrogen (secondary N) is 2. The molecule has 1 aromatic heterocycles. The zero-order valence-electron chi connectivity index (χ0n) is 12.8. The van der Waals surface area contributed by atoms with Crippen LogP contribution in [0.2, 0.25) is 5.02 Å². The normalized spacial score (nSPS) is 10.5. The molecule has 0 aliphatic rings. The molecule has 8 heteroatoms. The SMILES string of the molecule is Fc1ccc(NC(=S)Nc2cnn(Cc3c(F)cccc3Cl)c2)cc1. The van der Waals surface area contributed by atoms with Gasteiger partial charge in [0, 0.05) is 22.5 Å². The lowest BCUT2D eigenvalue weighted by atomic mass is 10.2. The van der Waals surface area contributed by atoms with Crippen LogP contribution in [0.15, 0.2) is 54.9 Å². The minimum Gasteiger partial charge on any atom is -0.332 e. The average molecular weight is 379 g/mol. The molecule has 128 valence electrons. The first-order valence-electron chi connectivity index (χ1n) is 7.30. The summed E-state index contributed by atoms with van der Waals surface area (Å²) in [5, 5.41) is 10.7. The van der Waals surface area contributed by atoms with Crippen molar-refractivity contribution in [1.29, 1.82) is 0 Å². The van der Waals surface area contributed by atoms with Gasteiger partial charge in [0.2, 0.25) is 0 Å². The molecule has 0 radical (unpaired) electrons. The summed E-state index contributed by atoms with van der Waals surface area (Å²) in [4.78, 5) is 0. The Bertz CT molecular complexity index is 876. The number of rotatable bonds is 4. The Morgan fingerprint density at radius 1 is 1.08 bits per heavy atom. The highest BCUT2D eigenvalue weighted by Gasteiger charge is 2.09. The molecule has 2 aromatic carbocycles. The Balaban J connectivity index is 1.63. The van der Waals surface area contributed by atoms with Crippen LogP contribution in [0.3, 0.4) is 0 Å². The van der Waals surface area contributed by atoms with E-state index in [1.54, 1.807) is 41.3 Å². The van der Waals surface area contributed by atoms with Gasteiger partial charge in [-0.3, -0.25) is 4.68 Å². The lowest BCUT2D eigenvalue weighted by Gasteiger charge is -2.09. The van der Waals surface area contributed by atoms with Crippen molar-refractivity contribution in [1.82, 2.24) is 9.78 Å². The topological polar surface area (TPSA) is 41.9 Å². The third-order valence-corrected chi connectivity index (χ3v) is 3.93. The molecule has 0 aliphatic carbocycles. The number of hydrogen-bond acceptors (Lipinski definition) is 2. The highest BCUT2D eigenvalue weighted by Crippen LogP contribution is 2.20. The van der Waals surface area contributed by atoms with Crippen LogP contribution in [0.1, 0.15) is 5.56 Å². The quantitative estimate of drug-likeness (QED) is 0.647. The minimum absolute atomic E-state index is 0.200. The van der Waals surface area contributed by atoms with Crippen LogP contribution < -0.4 is 10.6 Å². The van der Waals surface area contributed by atoms with Gasteiger partial charge in [0.15, 0.2) is 5.11 Å². The summed E-state index contributed by atoms with van der Waals surface area (Å²) < 4.78 is 28.3. The van der Waals surface area contributed by atoms with Gasteiger partial charge in [-0.15, -0.1) is 0 Å². The van der Waals surface area contributed by atoms with E-state index in [-0.39, 0.29) is 18.2 Å². The van der Waals surface area contributed by atoms with Crippen LogP contribution in [0.25, 0.3) is 0 Å². The van der Waals surface area contributed by atoms with Crippen molar-refractivity contribution in [3.63, 3.8) is 0 Å². The number of hydrogen-bond donors (Lipinski definition) is 2. The summed E-state index contributed by atoms with van der Waals surface area (Å²) >= 11 is 11.2. The van der Waals surface area contributed by atoms with Gasteiger partial charge in [-0.05, 0) is 48.6 Å². The van der Waals surface area contributed by atoms with Crippen molar-refractivity contribution in [3.8, 4) is 0 Å². The summed E-state index contributed by atoms with van der Waals surface area (Å²) in [6.45, 7) is 0.200. The van der Waals surface area contributed by atoms with Crippen LogP contribution in [0.5, 0.6) is 0 Å². The zero-order chi connectivity index (χ0) is 17.8. The standard InChI is InChI=1S/C17H13ClF2N4S/c18-15-2-1-3-16(20)14(15)10-24-9-13(8-21-24)23-17(25)22-12-6-4-11(19)5-7-12/h1-9H,10H2,(H2,22,23,25). The van der Waals surface area contributed by atoms with E-state index in [0.717, 1.165) is 0 Å². The molecule has 25 heavy (non-hydrogen) atoms. The average Bonchev–Trinajstić information content (AvgIpc) is 3.00. The molecule has 1 heterocycles. The Morgan fingerprint density at radius 3 is 2.52 bits per heavy atom. The molecule has 2 N–H and O–H groups in total. The number of nitrogens with zero attached hydrogens (tertiary/aromatic N) is 2. The number of anilines is 2. The maximum absolute atomic E-state index is 13.8. The molecule has 0 spiro atoms. The van der Waals surface area contributed by atoms with Crippen molar-refractivity contribution in [2.45, 2.75) is 6.54 Å². The van der Waals surface area contributed by atoms with Gasteiger partial charge in [0.05, 0.1) is 18.4 Å². The fourth-order valence-corrected chi connectivity index (χ4v) is 2.65. The number of benzene rings is 2. The Morgan fingerprint density at radius 2 is 1.80 bits per heavy atom. The van der Waals surface area contributed by atoms with E-state index < -0.39 is 0 Å². The third-order valence-electron chi connectivity index (χ3n) is 3.38. The molecule has 0 amide bonds. The molecular formula is C17H13ClF2N4S. The molecule has 0 atom stereocenters. The fraction of sp³-hybridized carbons (Fsp3) is 0.0588. The molecule has 3 aromatic rings. The van der Waals surface area contributed by atoms with Gasteiger partial charge in [0.1, 0.15) is 11.6 Å². The summed E-state index contributed by atoms with van der Waals surface area (Å²) in [5.74, 6) is -0.705. The number of halogens is 3. The number of thiocarbonyl (C=S) groups is 1. The van der Waals surface area contributed by atoms with Gasteiger partial charge in [0.25, 0.3) is 0 Å². The van der Waals surface area contributed by atoms with Crippen LogP contribution in [-0.4, -0.2) is 14.9 Å². The summed E-state index contributed by atoms with van der Waals surface area (Å²) in [6.07, 6.45) is 3.24. The van der Waals surface area contributed by atoms with E-state index in [2.05, 4.69) is 15.7 Å². The van der Waals surface area contributed by atoms with Crippen molar-refractivity contribution in [3.05, 3.63) is 77.1 Å². The summed E-state index contributed by atoms with van der Waals surface area (Å²) in [5.41, 5.74) is 1.65. The van der Waals surface area contributed by atoms with E-state index in [1.807, 2.05) is 0 Å². The summed E-state index contributed by atoms with van der Waals surface area (Å²) in [7, 11) is 0. The van der Waals surface area contributed by atoms with E-state index in [1.165, 1.54) is 18.2 Å². The van der Waals surface area contributed by atoms with Crippen molar-refractivity contribution in [2.75, 3.05) is 10.6 Å². The molecule has 0 fully saturated rings. The zero-order valence-corrected chi connectivity index (χ0v) is 14.4. The molecular weight excluding hydrogens is 366 g/mol. The molecule has 4 nitrogen and oxygen atoms in total. The first kappa shape index (κ1) is 17.3. The van der Waals surface area contributed by atoms with Crippen molar-refractivity contribution in [2.24, 2.45) is 0 Å². The monoisotopic (exact) mass is 378 g/mol. The first-order valence-corrected chi connectivity index (χ1v) is 8.09. The fourth-order valence-electron chi connectivity index (χ4n) is 2.19. The molecule has 3 rings (SSSR count). The van der Waals surface area contributed by atoms with Gasteiger partial charge >= 0.3 is 0 Å². The molecule has 0 aliphatic heterocycles. The summed E-state index contributed by atoms with van der Waals surface area (Å²) in [6, 6.07) is 10.4. The van der Waals surface area contributed by atoms with Gasteiger partial charge < -0.3 is 10.6 Å². The Labute approximate surface area is 153 Å². The first-order chi connectivity index (χ1) is 12.0. The predicted octanol–water partition coefficient (Wildman–Crippen LogP) is 4.67. The van der Waals surface area contributed by atoms with Crippen molar-refractivity contribution >= 4 is 40.3 Å².